The number of ether oxygens (including phenoxy) is 11. The quantitative estimate of drug-likeness (QED) is 0.0659. The Kier molecular flexibility index (Phi) is 17.7. The third-order valence-corrected chi connectivity index (χ3v) is 19.2. The van der Waals surface area contributed by atoms with Crippen LogP contribution in [0.25, 0.3) is 0 Å². The average molecular weight is 1070 g/mol. The maximum atomic E-state index is 13.5. The van der Waals surface area contributed by atoms with Crippen LogP contribution in [-0.2, 0) is 61.7 Å². The maximum Gasteiger partial charge on any atom is 0.330 e. The van der Waals surface area contributed by atoms with E-state index in [0.717, 1.165) is 11.1 Å². The zero-order chi connectivity index (χ0) is 54.9. The molecule has 3 saturated carbocycles. The van der Waals surface area contributed by atoms with E-state index in [4.69, 9.17) is 52.1 Å². The van der Waals surface area contributed by atoms with Crippen LogP contribution >= 0.6 is 0 Å². The summed E-state index contributed by atoms with van der Waals surface area (Å²) in [4.78, 5) is 26.8. The highest BCUT2D eigenvalue weighted by Crippen LogP contribution is 2.71. The highest BCUT2D eigenvalue weighted by molar-refractivity contribution is 5.87. The number of esters is 1. The lowest BCUT2D eigenvalue weighted by atomic mass is 9.42. The summed E-state index contributed by atoms with van der Waals surface area (Å²) in [5.74, 6) is -1.71. The minimum absolute atomic E-state index is 0.0599. The van der Waals surface area contributed by atoms with E-state index in [1.807, 2.05) is 33.8 Å². The summed E-state index contributed by atoms with van der Waals surface area (Å²) < 4.78 is 68.0. The molecule has 4 aliphatic heterocycles. The van der Waals surface area contributed by atoms with Crippen molar-refractivity contribution in [2.24, 2.45) is 22.7 Å². The highest BCUT2D eigenvalue weighted by atomic mass is 16.8. The summed E-state index contributed by atoms with van der Waals surface area (Å²) in [5.41, 5.74) is -6.32. The van der Waals surface area contributed by atoms with Gasteiger partial charge in [-0.2, -0.15) is 0 Å². The highest BCUT2D eigenvalue weighted by Gasteiger charge is 2.81. The molecule has 4 saturated heterocycles. The molecule has 428 valence electrons. The van der Waals surface area contributed by atoms with Crippen molar-refractivity contribution in [1.29, 1.82) is 0 Å². The Labute approximate surface area is 440 Å². The van der Waals surface area contributed by atoms with Crippen molar-refractivity contribution in [1.82, 2.24) is 0 Å². The fourth-order valence-electron chi connectivity index (χ4n) is 14.2. The van der Waals surface area contributed by atoms with E-state index in [2.05, 4.69) is 6.92 Å². The lowest BCUT2D eigenvalue weighted by molar-refractivity contribution is -0.356. The molecule has 0 aromatic carbocycles. The van der Waals surface area contributed by atoms with Crippen molar-refractivity contribution < 1.29 is 103 Å². The van der Waals surface area contributed by atoms with Crippen LogP contribution in [0.3, 0.4) is 0 Å². The molecule has 0 aromatic rings. The average Bonchev–Trinajstić information content (AvgIpc) is 3.59. The third kappa shape index (κ3) is 10.4. The number of fused-ring (bicyclic) bond motifs is 5. The minimum Gasteiger partial charge on any atom is -0.458 e. The van der Waals surface area contributed by atoms with E-state index in [0.29, 0.717) is 19.3 Å². The summed E-state index contributed by atoms with van der Waals surface area (Å²) in [6.45, 7) is 15.4. The first kappa shape index (κ1) is 59.0. The molecule has 0 bridgehead atoms. The van der Waals surface area contributed by atoms with Crippen LogP contribution in [0.2, 0.25) is 0 Å². The monoisotopic (exact) mass is 1070 g/mol. The van der Waals surface area contributed by atoms with Gasteiger partial charge in [0.05, 0.1) is 54.7 Å². The maximum absolute atomic E-state index is 13.5. The van der Waals surface area contributed by atoms with Gasteiger partial charge in [-0.15, -0.1) is 0 Å². The Bertz CT molecular complexity index is 2080. The molecule has 0 unspecified atom stereocenters. The Balaban J connectivity index is 0.866. The number of aliphatic hydroxyl groups excluding tert-OH is 5. The Morgan fingerprint density at radius 1 is 0.747 bits per heavy atom. The lowest BCUT2D eigenvalue weighted by Crippen LogP contribution is -2.78. The molecule has 25 atom stereocenters. The predicted molar refractivity (Wildman–Crippen MR) is 262 cm³/mol. The molecule has 0 spiro atoms. The van der Waals surface area contributed by atoms with E-state index in [1.54, 1.807) is 27.9 Å². The number of Topliss-reactive ketones (excluding diaryl/α,β-unsaturated/α-hetero) is 1. The van der Waals surface area contributed by atoms with E-state index in [9.17, 15) is 50.4 Å². The molecule has 75 heavy (non-hydrogen) atoms. The number of methoxy groups -OCH3 is 2. The predicted octanol–water partition coefficient (Wildman–Crippen LogP) is 1.76. The Morgan fingerprint density at radius 2 is 1.32 bits per heavy atom. The van der Waals surface area contributed by atoms with Crippen molar-refractivity contribution in [3.8, 4) is 0 Å². The van der Waals surface area contributed by atoms with Crippen LogP contribution < -0.4 is 0 Å². The second kappa shape index (κ2) is 22.4. The number of hydrogen-bond acceptors (Lipinski definition) is 21. The number of ketones is 1. The van der Waals surface area contributed by atoms with Crippen LogP contribution in [0.5, 0.6) is 0 Å². The molecule has 4 heterocycles. The number of rotatable bonds is 15. The number of carbonyl (C=O) groups is 2. The van der Waals surface area contributed by atoms with Crippen LogP contribution in [0, 0.1) is 22.7 Å². The van der Waals surface area contributed by atoms with Gasteiger partial charge in [-0.25, -0.2) is 4.79 Å². The van der Waals surface area contributed by atoms with Gasteiger partial charge >= 0.3 is 5.97 Å². The first-order valence-corrected chi connectivity index (χ1v) is 27.1. The molecule has 4 aliphatic carbocycles. The first-order valence-electron chi connectivity index (χ1n) is 27.1. The smallest absolute Gasteiger partial charge is 0.330 e. The van der Waals surface area contributed by atoms with E-state index >= 15 is 0 Å². The zero-order valence-electron chi connectivity index (χ0n) is 45.4. The van der Waals surface area contributed by atoms with Crippen molar-refractivity contribution in [2.45, 2.75) is 260 Å². The van der Waals surface area contributed by atoms with Crippen LogP contribution in [0.4, 0.5) is 0 Å². The van der Waals surface area contributed by atoms with Gasteiger partial charge in [-0.1, -0.05) is 38.0 Å². The number of carbonyl (C=O) groups excluding carboxylic acids is 2. The van der Waals surface area contributed by atoms with Crippen molar-refractivity contribution in [3.63, 3.8) is 0 Å². The van der Waals surface area contributed by atoms with Gasteiger partial charge in [0, 0.05) is 45.5 Å². The molecule has 0 aromatic heterocycles. The minimum atomic E-state index is -2.05. The largest absolute Gasteiger partial charge is 0.458 e. The zero-order valence-corrected chi connectivity index (χ0v) is 45.4. The normalized spacial score (nSPS) is 50.3. The number of hydrogen-bond donors (Lipinski definition) is 8. The Morgan fingerprint density at radius 3 is 1.88 bits per heavy atom. The van der Waals surface area contributed by atoms with Crippen LogP contribution in [0.15, 0.2) is 23.3 Å². The summed E-state index contributed by atoms with van der Waals surface area (Å²) in [6, 6.07) is 0. The molecular weight excluding hydrogens is 985 g/mol. The number of allylic oxidation sites excluding steroid dienone is 1. The van der Waals surface area contributed by atoms with E-state index < -0.39 is 163 Å². The standard InChI is InChI=1S/C54H86O21/c1-25(2)26(3)18-39(58)72-38-23-37-50(8)14-13-32(19-31(50)12-15-53(37,63)54(64)17-16-52(62,30(7)56)51(38,54)9)70-40-20-33(57)46(27(4)67-40)73-41-21-34(65-10)47(28(5)68-41)74-42-22-35(66-11)48(29(6)69-42)75-49-45(61)44(60)43(59)36(24-55)71-49/h12,18,25,27-29,32-38,40-49,55,57,59-64H,13-17,19-24H2,1-11H3/b26-18+/t27-,28-,29-,32+,33+,34+,35+,36-,37-,38-,40+,41+,42+,43-,44+,45-,46-,47-,48-,49+,50+,51-,52-,53+,54-/m1/s1. The molecule has 8 aliphatic rings. The summed E-state index contributed by atoms with van der Waals surface area (Å²) in [7, 11) is 3.06. The second-order valence-corrected chi connectivity index (χ2v) is 23.6. The molecule has 8 rings (SSSR count). The van der Waals surface area contributed by atoms with Gasteiger partial charge in [0.15, 0.2) is 30.9 Å². The fourth-order valence-corrected chi connectivity index (χ4v) is 14.2. The van der Waals surface area contributed by atoms with Gasteiger partial charge in [0.25, 0.3) is 0 Å². The van der Waals surface area contributed by atoms with Gasteiger partial charge in [-0.05, 0) is 97.8 Å². The summed E-state index contributed by atoms with van der Waals surface area (Å²) in [6.07, 6.45) is -11.6. The van der Waals surface area contributed by atoms with Gasteiger partial charge in [0.2, 0.25) is 0 Å². The lowest BCUT2D eigenvalue weighted by Gasteiger charge is -2.67. The molecule has 21 heteroatoms. The second-order valence-electron chi connectivity index (χ2n) is 23.6. The third-order valence-electron chi connectivity index (χ3n) is 19.2. The van der Waals surface area contributed by atoms with Crippen molar-refractivity contribution in [3.05, 3.63) is 23.3 Å². The van der Waals surface area contributed by atoms with Crippen molar-refractivity contribution >= 4 is 11.8 Å². The first-order chi connectivity index (χ1) is 35.2. The van der Waals surface area contributed by atoms with E-state index in [-0.39, 0.29) is 57.0 Å². The van der Waals surface area contributed by atoms with E-state index in [1.165, 1.54) is 20.1 Å². The molecule has 7 fully saturated rings. The number of aliphatic hydroxyl groups is 8. The van der Waals surface area contributed by atoms with Crippen molar-refractivity contribution in [2.75, 3.05) is 20.8 Å². The van der Waals surface area contributed by atoms with Gasteiger partial charge in [-0.3, -0.25) is 4.79 Å². The van der Waals surface area contributed by atoms with Gasteiger partial charge < -0.3 is 93.0 Å². The van der Waals surface area contributed by atoms with Crippen LogP contribution in [0.1, 0.15) is 127 Å². The van der Waals surface area contributed by atoms with Crippen LogP contribution in [-0.4, -0.2) is 207 Å². The van der Waals surface area contributed by atoms with Gasteiger partial charge in [0.1, 0.15) is 65.6 Å². The molecule has 8 N–H and O–H groups in total. The Hall–Kier alpha value is -2.10. The fraction of sp³-hybridized carbons (Fsp3) is 0.889. The molecular formula is C54H86O21. The summed E-state index contributed by atoms with van der Waals surface area (Å²) >= 11 is 0. The summed E-state index contributed by atoms with van der Waals surface area (Å²) in [5, 5.41) is 90.2. The topological polar surface area (TPSA) is 298 Å². The molecule has 21 nitrogen and oxygen atoms in total. The SMILES string of the molecule is CO[C@H]1C[C@H](O[C@H]2[C@@H](O)C[C@H](O[C@H]3CC[C@@]4(C)C(=CC[C@]5(O)[C@@H]4C[C@@H](OC(=O)/C=C(\C)C(C)C)[C@@]4(C)[C@]5(O)CC[C@@]4(O)C(C)=O)C3)O[C@@H]2C)O[C@H](C)[C@H]1O[C@H]1C[C@H](OC)[C@H](O[C@@H]2O[C@H](CO)[C@@H](O)[C@H](O)[C@H]2O)[C@@H](C)O1. The molecule has 0 radical (unpaired) electrons. The molecule has 0 amide bonds.